The van der Waals surface area contributed by atoms with Crippen molar-refractivity contribution in [1.82, 2.24) is 0 Å². The summed E-state index contributed by atoms with van der Waals surface area (Å²) < 4.78 is 58.4. The van der Waals surface area contributed by atoms with Gasteiger partial charge in [-0.2, -0.15) is 0 Å². The summed E-state index contributed by atoms with van der Waals surface area (Å²) in [4.78, 5) is -0.637. The van der Waals surface area contributed by atoms with E-state index in [2.05, 4.69) is 0 Å². The summed E-state index contributed by atoms with van der Waals surface area (Å²) in [7, 11) is -2.66. The SMILES string of the molecule is COCCCOc1c(F)cc(S(N)(=O)=O)cc1F. The van der Waals surface area contributed by atoms with Crippen LogP contribution in [0, 0.1) is 11.6 Å². The summed E-state index contributed by atoms with van der Waals surface area (Å²) in [5, 5.41) is 4.77. The van der Waals surface area contributed by atoms with Gasteiger partial charge in [0, 0.05) is 20.1 Å². The van der Waals surface area contributed by atoms with Gasteiger partial charge in [0.2, 0.25) is 10.0 Å². The second-order valence-electron chi connectivity index (χ2n) is 3.46. The molecule has 0 heterocycles. The molecule has 0 atom stereocenters. The smallest absolute Gasteiger partial charge is 0.238 e. The number of ether oxygens (including phenoxy) is 2. The van der Waals surface area contributed by atoms with Crippen molar-refractivity contribution in [3.05, 3.63) is 23.8 Å². The van der Waals surface area contributed by atoms with Crippen molar-refractivity contribution in [1.29, 1.82) is 0 Å². The van der Waals surface area contributed by atoms with E-state index in [1.165, 1.54) is 7.11 Å². The van der Waals surface area contributed by atoms with Crippen LogP contribution < -0.4 is 9.88 Å². The number of hydrogen-bond donors (Lipinski definition) is 1. The molecule has 18 heavy (non-hydrogen) atoms. The first kappa shape index (κ1) is 14.8. The van der Waals surface area contributed by atoms with Crippen molar-refractivity contribution in [3.8, 4) is 5.75 Å². The van der Waals surface area contributed by atoms with E-state index in [1.807, 2.05) is 0 Å². The maximum Gasteiger partial charge on any atom is 0.238 e. The summed E-state index contributed by atoms with van der Waals surface area (Å²) in [6, 6.07) is 1.23. The molecule has 0 spiro atoms. The molecule has 2 N–H and O–H groups in total. The van der Waals surface area contributed by atoms with Crippen LogP contribution in [-0.4, -0.2) is 28.7 Å². The first-order valence-electron chi connectivity index (χ1n) is 5.00. The van der Waals surface area contributed by atoms with Crippen LogP contribution in [0.3, 0.4) is 0 Å². The molecule has 102 valence electrons. The summed E-state index contributed by atoms with van der Waals surface area (Å²) in [6.45, 7) is 0.439. The van der Waals surface area contributed by atoms with Crippen molar-refractivity contribution in [2.75, 3.05) is 20.3 Å². The highest BCUT2D eigenvalue weighted by atomic mass is 32.2. The molecule has 0 unspecified atom stereocenters. The van der Waals surface area contributed by atoms with Gasteiger partial charge in [-0.25, -0.2) is 22.3 Å². The Bertz CT molecular complexity index is 496. The molecule has 0 aromatic heterocycles. The van der Waals surface area contributed by atoms with Gasteiger partial charge in [-0.15, -0.1) is 0 Å². The van der Waals surface area contributed by atoms with E-state index in [-0.39, 0.29) is 6.61 Å². The summed E-state index contributed by atoms with van der Waals surface area (Å²) in [5.74, 6) is -2.86. The lowest BCUT2D eigenvalue weighted by Crippen LogP contribution is -2.13. The maximum absolute atomic E-state index is 13.4. The van der Waals surface area contributed by atoms with E-state index >= 15 is 0 Å². The van der Waals surface area contributed by atoms with Gasteiger partial charge in [0.1, 0.15) is 0 Å². The molecular weight excluding hydrogens is 268 g/mol. The molecule has 0 bridgehead atoms. The van der Waals surface area contributed by atoms with E-state index in [1.54, 1.807) is 0 Å². The highest BCUT2D eigenvalue weighted by molar-refractivity contribution is 7.89. The Hall–Kier alpha value is -1.25. The second kappa shape index (κ2) is 6.07. The monoisotopic (exact) mass is 281 g/mol. The predicted octanol–water partition coefficient (Wildman–Crippen LogP) is 1.03. The summed E-state index contributed by atoms with van der Waals surface area (Å²) in [5.41, 5.74) is 0. The average Bonchev–Trinajstić information content (AvgIpc) is 2.25. The lowest BCUT2D eigenvalue weighted by Gasteiger charge is -2.09. The van der Waals surface area contributed by atoms with Crippen LogP contribution in [0.25, 0.3) is 0 Å². The highest BCUT2D eigenvalue weighted by Gasteiger charge is 2.17. The van der Waals surface area contributed by atoms with E-state index in [4.69, 9.17) is 14.6 Å². The number of primary sulfonamides is 1. The predicted molar refractivity (Wildman–Crippen MR) is 59.7 cm³/mol. The minimum Gasteiger partial charge on any atom is -0.488 e. The van der Waals surface area contributed by atoms with E-state index in [0.29, 0.717) is 25.2 Å². The molecule has 1 aromatic carbocycles. The topological polar surface area (TPSA) is 78.6 Å². The third kappa shape index (κ3) is 3.90. The quantitative estimate of drug-likeness (QED) is 0.790. The fourth-order valence-electron chi connectivity index (χ4n) is 1.22. The largest absolute Gasteiger partial charge is 0.488 e. The lowest BCUT2D eigenvalue weighted by molar-refractivity contribution is 0.168. The third-order valence-corrected chi connectivity index (χ3v) is 2.93. The van der Waals surface area contributed by atoms with Crippen molar-refractivity contribution in [2.24, 2.45) is 5.14 Å². The fourth-order valence-corrected chi connectivity index (χ4v) is 1.75. The van der Waals surface area contributed by atoms with E-state index < -0.39 is 32.3 Å². The first-order valence-corrected chi connectivity index (χ1v) is 6.54. The third-order valence-electron chi connectivity index (χ3n) is 2.04. The van der Waals surface area contributed by atoms with Crippen LogP contribution in [-0.2, 0) is 14.8 Å². The Morgan fingerprint density at radius 3 is 2.22 bits per heavy atom. The van der Waals surface area contributed by atoms with Crippen molar-refractivity contribution in [2.45, 2.75) is 11.3 Å². The summed E-state index contributed by atoms with van der Waals surface area (Å²) >= 11 is 0. The van der Waals surface area contributed by atoms with E-state index in [0.717, 1.165) is 0 Å². The Kier molecular flexibility index (Phi) is 5.00. The molecule has 0 radical (unpaired) electrons. The van der Waals surface area contributed by atoms with Gasteiger partial charge < -0.3 is 9.47 Å². The van der Waals surface area contributed by atoms with Crippen LogP contribution >= 0.6 is 0 Å². The van der Waals surface area contributed by atoms with Crippen LogP contribution in [0.4, 0.5) is 8.78 Å². The molecule has 0 saturated carbocycles. The zero-order valence-electron chi connectivity index (χ0n) is 9.65. The number of sulfonamides is 1. The molecule has 8 heteroatoms. The molecule has 0 aliphatic heterocycles. The Morgan fingerprint density at radius 1 is 1.22 bits per heavy atom. The maximum atomic E-state index is 13.4. The molecular formula is C10H13F2NO4S. The number of benzene rings is 1. The van der Waals surface area contributed by atoms with Gasteiger partial charge >= 0.3 is 0 Å². The Balaban J connectivity index is 2.88. The fraction of sp³-hybridized carbons (Fsp3) is 0.400. The van der Waals surface area contributed by atoms with Gasteiger partial charge in [-0.1, -0.05) is 0 Å². The molecule has 0 saturated heterocycles. The van der Waals surface area contributed by atoms with Crippen LogP contribution in [0.15, 0.2) is 17.0 Å². The second-order valence-corrected chi connectivity index (χ2v) is 5.02. The Morgan fingerprint density at radius 2 is 1.78 bits per heavy atom. The van der Waals surface area contributed by atoms with Gasteiger partial charge in [0.15, 0.2) is 17.4 Å². The highest BCUT2D eigenvalue weighted by Crippen LogP contribution is 2.25. The lowest BCUT2D eigenvalue weighted by atomic mass is 10.3. The van der Waals surface area contributed by atoms with Crippen LogP contribution in [0.2, 0.25) is 0 Å². The van der Waals surface area contributed by atoms with Gasteiger partial charge in [0.05, 0.1) is 11.5 Å². The average molecular weight is 281 g/mol. The van der Waals surface area contributed by atoms with Gasteiger partial charge in [-0.3, -0.25) is 0 Å². The van der Waals surface area contributed by atoms with Gasteiger partial charge in [0.25, 0.3) is 0 Å². The number of methoxy groups -OCH3 is 1. The molecule has 1 aromatic rings. The normalized spacial score (nSPS) is 11.6. The number of rotatable bonds is 6. The molecule has 1 rings (SSSR count). The van der Waals surface area contributed by atoms with Crippen molar-refractivity contribution < 1.29 is 26.7 Å². The zero-order valence-corrected chi connectivity index (χ0v) is 10.5. The molecule has 0 aliphatic carbocycles. The molecule has 0 amide bonds. The first-order chi connectivity index (χ1) is 8.36. The molecule has 5 nitrogen and oxygen atoms in total. The van der Waals surface area contributed by atoms with Gasteiger partial charge in [-0.05, 0) is 12.1 Å². The number of hydrogen-bond acceptors (Lipinski definition) is 4. The zero-order chi connectivity index (χ0) is 13.8. The molecule has 0 aliphatic rings. The van der Waals surface area contributed by atoms with Crippen molar-refractivity contribution >= 4 is 10.0 Å². The van der Waals surface area contributed by atoms with E-state index in [9.17, 15) is 17.2 Å². The minimum atomic E-state index is -4.15. The van der Waals surface area contributed by atoms with Crippen LogP contribution in [0.5, 0.6) is 5.75 Å². The van der Waals surface area contributed by atoms with Crippen molar-refractivity contribution in [3.63, 3.8) is 0 Å². The standard InChI is InChI=1S/C10H13F2NO4S/c1-16-3-2-4-17-10-8(11)5-7(6-9(10)12)18(13,14)15/h5-6H,2-4H2,1H3,(H2,13,14,15). The summed E-state index contributed by atoms with van der Waals surface area (Å²) in [6.07, 6.45) is 0.451. The van der Waals surface area contributed by atoms with Crippen LogP contribution in [0.1, 0.15) is 6.42 Å². The number of halogens is 2. The minimum absolute atomic E-state index is 0.0520. The Labute approximate surface area is 104 Å². The number of nitrogens with two attached hydrogens (primary N) is 1. The molecule has 0 fully saturated rings.